The number of nitro groups is 1. The number of rotatable bonds is 3. The number of likely N-dealkylation sites (tertiary alicyclic amines) is 1. The summed E-state index contributed by atoms with van der Waals surface area (Å²) in [6, 6.07) is 4.57. The van der Waals surface area contributed by atoms with Crippen LogP contribution in [-0.2, 0) is 16.1 Å². The molecule has 1 fully saturated rings. The van der Waals surface area contributed by atoms with Crippen LogP contribution in [0.5, 0.6) is 0 Å². The first-order valence-electron chi connectivity index (χ1n) is 6.00. The number of nitro benzene ring substituents is 1. The van der Waals surface area contributed by atoms with Crippen molar-refractivity contribution in [3.63, 3.8) is 0 Å². The molecule has 2 amide bonds. The van der Waals surface area contributed by atoms with Gasteiger partial charge in [-0.25, -0.2) is 0 Å². The van der Waals surface area contributed by atoms with Gasteiger partial charge in [-0.15, -0.1) is 0 Å². The largest absolute Gasteiger partial charge is 0.283 e. The van der Waals surface area contributed by atoms with Crippen molar-refractivity contribution < 1.29 is 14.5 Å². The number of hydrogen-bond acceptors (Lipinski definition) is 4. The first-order chi connectivity index (χ1) is 9.22. The number of imide groups is 1. The molecule has 6 nitrogen and oxygen atoms in total. The zero-order valence-corrected chi connectivity index (χ0v) is 12.6. The van der Waals surface area contributed by atoms with Crippen LogP contribution in [0.2, 0.25) is 0 Å². The number of halogens is 1. The minimum Gasteiger partial charge on any atom is -0.278 e. The van der Waals surface area contributed by atoms with Crippen LogP contribution in [0.3, 0.4) is 0 Å². The van der Waals surface area contributed by atoms with Crippen LogP contribution >= 0.6 is 15.9 Å². The maximum atomic E-state index is 12.1. The Morgan fingerprint density at radius 2 is 2.05 bits per heavy atom. The third-order valence-electron chi connectivity index (χ3n) is 3.27. The number of hydrogen-bond donors (Lipinski definition) is 0. The molecule has 1 saturated heterocycles. The molecule has 0 radical (unpaired) electrons. The normalized spacial score (nSPS) is 17.6. The zero-order valence-electron chi connectivity index (χ0n) is 11.1. The van der Waals surface area contributed by atoms with Crippen molar-refractivity contribution in [1.29, 1.82) is 0 Å². The molecular formula is C13H13BrN2O4. The predicted octanol–water partition coefficient (Wildman–Crippen LogP) is 2.64. The molecule has 0 aromatic heterocycles. The smallest absolute Gasteiger partial charge is 0.278 e. The van der Waals surface area contributed by atoms with Crippen molar-refractivity contribution in [3.05, 3.63) is 38.3 Å². The van der Waals surface area contributed by atoms with Crippen LogP contribution in [-0.4, -0.2) is 21.6 Å². The maximum absolute atomic E-state index is 12.1. The number of amides is 2. The van der Waals surface area contributed by atoms with Crippen molar-refractivity contribution in [2.75, 3.05) is 0 Å². The summed E-state index contributed by atoms with van der Waals surface area (Å²) in [5.74, 6) is -0.487. The summed E-state index contributed by atoms with van der Waals surface area (Å²) in [7, 11) is 0. The molecule has 1 aromatic carbocycles. The Morgan fingerprint density at radius 3 is 2.55 bits per heavy atom. The van der Waals surface area contributed by atoms with Gasteiger partial charge in [-0.1, -0.05) is 19.9 Å². The molecule has 106 valence electrons. The molecule has 0 atom stereocenters. The van der Waals surface area contributed by atoms with Crippen LogP contribution in [0.25, 0.3) is 0 Å². The topological polar surface area (TPSA) is 80.5 Å². The number of nitrogens with zero attached hydrogens (tertiary/aromatic N) is 2. The van der Waals surface area contributed by atoms with E-state index in [0.717, 1.165) is 4.90 Å². The fourth-order valence-corrected chi connectivity index (χ4v) is 2.56. The fraction of sp³-hybridized carbons (Fsp3) is 0.385. The quantitative estimate of drug-likeness (QED) is 0.481. The summed E-state index contributed by atoms with van der Waals surface area (Å²) in [6.45, 7) is 3.50. The Labute approximate surface area is 124 Å². The molecule has 1 heterocycles. The van der Waals surface area contributed by atoms with Crippen LogP contribution < -0.4 is 0 Å². The van der Waals surface area contributed by atoms with E-state index in [-0.39, 0.29) is 30.5 Å². The van der Waals surface area contributed by atoms with Crippen molar-refractivity contribution in [1.82, 2.24) is 4.90 Å². The lowest BCUT2D eigenvalue weighted by molar-refractivity contribution is -0.385. The van der Waals surface area contributed by atoms with E-state index in [1.807, 2.05) is 0 Å². The second kappa shape index (κ2) is 4.97. The molecule has 1 aliphatic rings. The molecule has 0 bridgehead atoms. The Hall–Kier alpha value is -1.76. The maximum Gasteiger partial charge on any atom is 0.283 e. The molecule has 1 aliphatic heterocycles. The molecule has 0 N–H and O–H groups in total. The van der Waals surface area contributed by atoms with Crippen molar-refractivity contribution in [3.8, 4) is 0 Å². The van der Waals surface area contributed by atoms with Crippen LogP contribution in [0.1, 0.15) is 25.8 Å². The minimum atomic E-state index is -0.696. The van der Waals surface area contributed by atoms with Gasteiger partial charge in [0, 0.05) is 12.5 Å². The van der Waals surface area contributed by atoms with Gasteiger partial charge in [0.05, 0.1) is 21.4 Å². The van der Waals surface area contributed by atoms with Gasteiger partial charge in [-0.05, 0) is 27.6 Å². The molecule has 0 saturated carbocycles. The Balaban J connectivity index is 2.27. The Bertz CT molecular complexity index is 612. The minimum absolute atomic E-state index is 0.0647. The lowest BCUT2D eigenvalue weighted by Crippen LogP contribution is -2.32. The number of carbonyl (C=O) groups excluding carboxylic acids is 2. The third kappa shape index (κ3) is 2.58. The average molecular weight is 341 g/mol. The predicted molar refractivity (Wildman–Crippen MR) is 74.8 cm³/mol. The van der Waals surface area contributed by atoms with Crippen molar-refractivity contribution in [2.45, 2.75) is 26.8 Å². The van der Waals surface area contributed by atoms with E-state index in [2.05, 4.69) is 15.9 Å². The van der Waals surface area contributed by atoms with Crippen LogP contribution in [0.15, 0.2) is 22.7 Å². The molecular weight excluding hydrogens is 328 g/mol. The van der Waals surface area contributed by atoms with Crippen molar-refractivity contribution >= 4 is 33.4 Å². The standard InChI is InChI=1S/C13H13BrN2O4/c1-13(2)6-11(17)15(12(13)18)7-8-3-4-9(14)10(5-8)16(19)20/h3-5H,6-7H2,1-2H3. The molecule has 2 rings (SSSR count). The van der Waals surface area contributed by atoms with E-state index < -0.39 is 10.3 Å². The van der Waals surface area contributed by atoms with Gasteiger partial charge in [0.2, 0.25) is 11.8 Å². The monoisotopic (exact) mass is 340 g/mol. The van der Waals surface area contributed by atoms with E-state index in [0.29, 0.717) is 10.0 Å². The highest BCUT2D eigenvalue weighted by Crippen LogP contribution is 2.33. The molecule has 0 spiro atoms. The lowest BCUT2D eigenvalue weighted by atomic mass is 9.92. The Morgan fingerprint density at radius 1 is 1.40 bits per heavy atom. The summed E-state index contributed by atoms with van der Waals surface area (Å²) in [4.78, 5) is 35.5. The fourth-order valence-electron chi connectivity index (χ4n) is 2.17. The second-order valence-corrected chi connectivity index (χ2v) is 6.24. The van der Waals surface area contributed by atoms with Gasteiger partial charge in [-0.2, -0.15) is 0 Å². The van der Waals surface area contributed by atoms with E-state index in [1.165, 1.54) is 6.07 Å². The van der Waals surface area contributed by atoms with Crippen LogP contribution in [0, 0.1) is 15.5 Å². The van der Waals surface area contributed by atoms with Gasteiger partial charge in [0.1, 0.15) is 0 Å². The first-order valence-corrected chi connectivity index (χ1v) is 6.79. The SMILES string of the molecule is CC1(C)CC(=O)N(Cc2ccc(Br)c([N+](=O)[O-])c2)C1=O. The van der Waals surface area contributed by atoms with E-state index in [4.69, 9.17) is 0 Å². The molecule has 0 unspecified atom stereocenters. The summed E-state index contributed by atoms with van der Waals surface area (Å²) < 4.78 is 0.366. The van der Waals surface area contributed by atoms with Gasteiger partial charge in [-0.3, -0.25) is 24.6 Å². The number of benzene rings is 1. The Kier molecular flexibility index (Phi) is 3.64. The third-order valence-corrected chi connectivity index (χ3v) is 3.94. The molecule has 20 heavy (non-hydrogen) atoms. The average Bonchev–Trinajstić information content (AvgIpc) is 2.53. The second-order valence-electron chi connectivity index (χ2n) is 5.39. The zero-order chi connectivity index (χ0) is 15.1. The first kappa shape index (κ1) is 14.6. The highest BCUT2D eigenvalue weighted by atomic mass is 79.9. The van der Waals surface area contributed by atoms with Crippen LogP contribution in [0.4, 0.5) is 5.69 Å². The summed E-state index contributed by atoms with van der Waals surface area (Å²) >= 11 is 3.10. The van der Waals surface area contributed by atoms with Crippen molar-refractivity contribution in [2.24, 2.45) is 5.41 Å². The summed E-state index contributed by atoms with van der Waals surface area (Å²) in [5, 5.41) is 10.9. The highest BCUT2D eigenvalue weighted by molar-refractivity contribution is 9.10. The molecule has 0 aliphatic carbocycles. The van der Waals surface area contributed by atoms with Gasteiger partial charge >= 0.3 is 0 Å². The van der Waals surface area contributed by atoms with Gasteiger partial charge in [0.15, 0.2) is 0 Å². The summed E-state index contributed by atoms with van der Waals surface area (Å²) in [6.07, 6.45) is 0.171. The van der Waals surface area contributed by atoms with Gasteiger partial charge < -0.3 is 0 Å². The molecule has 7 heteroatoms. The highest BCUT2D eigenvalue weighted by Gasteiger charge is 2.44. The summed E-state index contributed by atoms with van der Waals surface area (Å²) in [5.41, 5.74) is -0.224. The van der Waals surface area contributed by atoms with E-state index in [9.17, 15) is 19.7 Å². The van der Waals surface area contributed by atoms with E-state index >= 15 is 0 Å². The number of carbonyl (C=O) groups is 2. The lowest BCUT2D eigenvalue weighted by Gasteiger charge is -2.17. The van der Waals surface area contributed by atoms with Gasteiger partial charge in [0.25, 0.3) is 5.69 Å². The molecule has 1 aromatic rings. The van der Waals surface area contributed by atoms with E-state index in [1.54, 1.807) is 26.0 Å².